The predicted molar refractivity (Wildman–Crippen MR) is 50.9 cm³/mol. The van der Waals surface area contributed by atoms with E-state index in [0.29, 0.717) is 0 Å². The van der Waals surface area contributed by atoms with Crippen LogP contribution in [0.1, 0.15) is 13.3 Å². The summed E-state index contributed by atoms with van der Waals surface area (Å²) in [6, 6.07) is 0. The molecule has 1 N–H and O–H groups in total. The zero-order chi connectivity index (χ0) is 8.53. The van der Waals surface area contributed by atoms with Gasteiger partial charge in [0.2, 0.25) is 0 Å². The maximum Gasteiger partial charge on any atom is 0.0107 e. The number of rotatable bonds is 2. The summed E-state index contributed by atoms with van der Waals surface area (Å²) in [4.78, 5) is 2.51. The summed E-state index contributed by atoms with van der Waals surface area (Å²) in [7, 11) is 0. The Labute approximate surface area is 70.3 Å². The van der Waals surface area contributed by atoms with Crippen molar-refractivity contribution in [3.8, 4) is 0 Å². The minimum Gasteiger partial charge on any atom is -0.314 e. The molecule has 0 aliphatic carbocycles. The van der Waals surface area contributed by atoms with Crippen LogP contribution < -0.4 is 5.32 Å². The summed E-state index contributed by atoms with van der Waals surface area (Å²) in [5, 5.41) is 3.33. The summed E-state index contributed by atoms with van der Waals surface area (Å²) in [6.07, 6.45) is 1.29. The summed E-state index contributed by atoms with van der Waals surface area (Å²) in [6.45, 7) is 14.4. The third kappa shape index (κ3) is 4.99. The van der Waals surface area contributed by atoms with E-state index in [1.54, 1.807) is 0 Å². The molecule has 1 saturated heterocycles. The van der Waals surface area contributed by atoms with E-state index in [1.807, 2.05) is 0 Å². The fraction of sp³-hybridized carbons (Fsp3) is 0.778. The highest BCUT2D eigenvalue weighted by molar-refractivity contribution is 4.65. The first-order valence-corrected chi connectivity index (χ1v) is 4.36. The molecule has 2 nitrogen and oxygen atoms in total. The van der Waals surface area contributed by atoms with Crippen molar-refractivity contribution in [1.82, 2.24) is 10.2 Å². The second-order valence-electron chi connectivity index (χ2n) is 2.59. The number of hydrogen-bond acceptors (Lipinski definition) is 2. The molecule has 0 aromatic carbocycles. The van der Waals surface area contributed by atoms with Gasteiger partial charge < -0.3 is 10.2 Å². The summed E-state index contributed by atoms with van der Waals surface area (Å²) in [5.41, 5.74) is 0. The molecule has 66 valence electrons. The standard InChI is InChI=1S/C7H16N2.C2H4/c1-2-5-9-6-3-8-4-7-9;1-2/h8H,2-7H2,1H3;1-2H2. The normalized spacial score (nSPS) is 18.6. The molecule has 0 unspecified atom stereocenters. The Balaban J connectivity index is 0.000000461. The van der Waals surface area contributed by atoms with Crippen molar-refractivity contribution in [3.63, 3.8) is 0 Å². The van der Waals surface area contributed by atoms with Gasteiger partial charge in [-0.3, -0.25) is 0 Å². The smallest absolute Gasteiger partial charge is 0.0107 e. The van der Waals surface area contributed by atoms with Gasteiger partial charge in [0, 0.05) is 26.2 Å². The Morgan fingerprint density at radius 2 is 1.82 bits per heavy atom. The van der Waals surface area contributed by atoms with Gasteiger partial charge in [0.25, 0.3) is 0 Å². The van der Waals surface area contributed by atoms with E-state index in [2.05, 4.69) is 30.3 Å². The van der Waals surface area contributed by atoms with Gasteiger partial charge >= 0.3 is 0 Å². The molecule has 11 heavy (non-hydrogen) atoms. The van der Waals surface area contributed by atoms with Crippen LogP contribution in [0.2, 0.25) is 0 Å². The Kier molecular flexibility index (Phi) is 7.52. The highest BCUT2D eigenvalue weighted by atomic mass is 15.2. The van der Waals surface area contributed by atoms with Gasteiger partial charge in [-0.1, -0.05) is 6.92 Å². The van der Waals surface area contributed by atoms with Crippen LogP contribution in [-0.2, 0) is 0 Å². The lowest BCUT2D eigenvalue weighted by atomic mass is 10.3. The van der Waals surface area contributed by atoms with Crippen LogP contribution in [0.15, 0.2) is 13.2 Å². The second kappa shape index (κ2) is 7.76. The molecule has 0 spiro atoms. The van der Waals surface area contributed by atoms with E-state index in [4.69, 9.17) is 0 Å². The first-order chi connectivity index (χ1) is 5.43. The van der Waals surface area contributed by atoms with Gasteiger partial charge in [-0.25, -0.2) is 0 Å². The minimum atomic E-state index is 1.18. The van der Waals surface area contributed by atoms with Crippen molar-refractivity contribution < 1.29 is 0 Å². The van der Waals surface area contributed by atoms with Gasteiger partial charge in [-0.2, -0.15) is 0 Å². The van der Waals surface area contributed by atoms with E-state index in [-0.39, 0.29) is 0 Å². The Morgan fingerprint density at radius 3 is 2.27 bits per heavy atom. The molecule has 1 rings (SSSR count). The molecule has 0 radical (unpaired) electrons. The summed E-state index contributed by atoms with van der Waals surface area (Å²) in [5.74, 6) is 0. The van der Waals surface area contributed by atoms with Crippen LogP contribution in [0.3, 0.4) is 0 Å². The number of hydrogen-bond donors (Lipinski definition) is 1. The van der Waals surface area contributed by atoms with Crippen LogP contribution in [0.5, 0.6) is 0 Å². The third-order valence-corrected chi connectivity index (χ3v) is 1.75. The maximum atomic E-state index is 3.33. The molecule has 1 aliphatic rings. The first kappa shape index (κ1) is 10.7. The van der Waals surface area contributed by atoms with Gasteiger partial charge in [0.15, 0.2) is 0 Å². The van der Waals surface area contributed by atoms with Crippen LogP contribution in [0.25, 0.3) is 0 Å². The van der Waals surface area contributed by atoms with Crippen LogP contribution in [0, 0.1) is 0 Å². The zero-order valence-electron chi connectivity index (χ0n) is 7.60. The number of nitrogens with zero attached hydrogens (tertiary/aromatic N) is 1. The molecular weight excluding hydrogens is 136 g/mol. The molecule has 1 aliphatic heterocycles. The van der Waals surface area contributed by atoms with E-state index < -0.39 is 0 Å². The highest BCUT2D eigenvalue weighted by Crippen LogP contribution is 1.92. The number of nitrogens with one attached hydrogen (secondary N) is 1. The molecule has 0 amide bonds. The molecule has 0 atom stereocenters. The molecule has 0 aromatic rings. The van der Waals surface area contributed by atoms with Crippen molar-refractivity contribution >= 4 is 0 Å². The van der Waals surface area contributed by atoms with Crippen LogP contribution in [0.4, 0.5) is 0 Å². The van der Waals surface area contributed by atoms with Crippen molar-refractivity contribution in [2.75, 3.05) is 32.7 Å². The highest BCUT2D eigenvalue weighted by Gasteiger charge is 2.06. The van der Waals surface area contributed by atoms with Crippen molar-refractivity contribution in [3.05, 3.63) is 13.2 Å². The molecule has 2 heteroatoms. The quantitative estimate of drug-likeness (QED) is 0.602. The zero-order valence-corrected chi connectivity index (χ0v) is 7.60. The second-order valence-corrected chi connectivity index (χ2v) is 2.59. The Bertz CT molecular complexity index is 74.9. The van der Waals surface area contributed by atoms with E-state index in [1.165, 1.54) is 39.1 Å². The molecule has 1 fully saturated rings. The van der Waals surface area contributed by atoms with Crippen molar-refractivity contribution in [2.45, 2.75) is 13.3 Å². The van der Waals surface area contributed by atoms with Gasteiger partial charge in [-0.05, 0) is 13.0 Å². The van der Waals surface area contributed by atoms with E-state index >= 15 is 0 Å². The molecule has 0 aromatic heterocycles. The van der Waals surface area contributed by atoms with Crippen molar-refractivity contribution in [1.29, 1.82) is 0 Å². The van der Waals surface area contributed by atoms with Crippen LogP contribution in [-0.4, -0.2) is 37.6 Å². The fourth-order valence-corrected chi connectivity index (χ4v) is 1.25. The fourth-order valence-electron chi connectivity index (χ4n) is 1.25. The van der Waals surface area contributed by atoms with Gasteiger partial charge in [0.05, 0.1) is 0 Å². The molecule has 0 bridgehead atoms. The average Bonchev–Trinajstić information content (AvgIpc) is 2.11. The lowest BCUT2D eigenvalue weighted by molar-refractivity contribution is 0.241. The van der Waals surface area contributed by atoms with Crippen molar-refractivity contribution in [2.24, 2.45) is 0 Å². The van der Waals surface area contributed by atoms with E-state index in [0.717, 1.165) is 0 Å². The molecule has 0 saturated carbocycles. The summed E-state index contributed by atoms with van der Waals surface area (Å²) >= 11 is 0. The van der Waals surface area contributed by atoms with E-state index in [9.17, 15) is 0 Å². The first-order valence-electron chi connectivity index (χ1n) is 4.36. The summed E-state index contributed by atoms with van der Waals surface area (Å²) < 4.78 is 0. The maximum absolute atomic E-state index is 3.33. The Morgan fingerprint density at radius 1 is 1.27 bits per heavy atom. The third-order valence-electron chi connectivity index (χ3n) is 1.75. The SMILES string of the molecule is C=C.CCCN1CCNCC1. The lowest BCUT2D eigenvalue weighted by Gasteiger charge is -2.26. The molecule has 1 heterocycles. The van der Waals surface area contributed by atoms with Gasteiger partial charge in [-0.15, -0.1) is 13.2 Å². The number of piperazine rings is 1. The lowest BCUT2D eigenvalue weighted by Crippen LogP contribution is -2.43. The largest absolute Gasteiger partial charge is 0.314 e. The average molecular weight is 156 g/mol. The minimum absolute atomic E-state index is 1.18. The van der Waals surface area contributed by atoms with Crippen LogP contribution >= 0.6 is 0 Å². The molecular formula is C9H20N2. The predicted octanol–water partition coefficient (Wildman–Crippen LogP) is 1.10. The van der Waals surface area contributed by atoms with Gasteiger partial charge in [0.1, 0.15) is 0 Å². The topological polar surface area (TPSA) is 15.3 Å². The Hall–Kier alpha value is -0.340. The monoisotopic (exact) mass is 156 g/mol.